The minimum Gasteiger partial charge on any atom is -0.481 e. The summed E-state index contributed by atoms with van der Waals surface area (Å²) in [6.07, 6.45) is 1.69. The first-order chi connectivity index (χ1) is 11.4. The molecule has 0 saturated carbocycles. The van der Waals surface area contributed by atoms with E-state index in [0.717, 1.165) is 0 Å². The number of amides is 2. The Morgan fingerprint density at radius 1 is 1.21 bits per heavy atom. The van der Waals surface area contributed by atoms with Crippen molar-refractivity contribution >= 4 is 46.7 Å². The Balaban J connectivity index is 1.86. The van der Waals surface area contributed by atoms with E-state index in [2.05, 4.69) is 5.32 Å². The molecule has 0 spiro atoms. The maximum Gasteiger partial charge on any atom is 0.303 e. The highest BCUT2D eigenvalue weighted by atomic mass is 35.5. The van der Waals surface area contributed by atoms with Crippen molar-refractivity contribution in [3.63, 3.8) is 0 Å². The van der Waals surface area contributed by atoms with Crippen LogP contribution in [0, 0.1) is 0 Å². The summed E-state index contributed by atoms with van der Waals surface area (Å²) in [4.78, 5) is 36.3. The second kappa shape index (κ2) is 8.35. The van der Waals surface area contributed by atoms with Crippen molar-refractivity contribution in [1.82, 2.24) is 5.32 Å². The molecule has 2 rings (SSSR count). The number of aliphatic carboxylic acids is 1. The molecule has 24 heavy (non-hydrogen) atoms. The molecule has 0 radical (unpaired) electrons. The second-order valence-corrected chi connectivity index (χ2v) is 6.41. The third kappa shape index (κ3) is 4.85. The molecular formula is C16H18Cl2N2O4. The number of anilines is 1. The summed E-state index contributed by atoms with van der Waals surface area (Å²) in [6, 6.07) is 4.40. The number of rotatable bonds is 7. The van der Waals surface area contributed by atoms with Gasteiger partial charge in [0.15, 0.2) is 0 Å². The lowest BCUT2D eigenvalue weighted by Crippen LogP contribution is -2.41. The number of benzene rings is 1. The molecule has 1 fully saturated rings. The summed E-state index contributed by atoms with van der Waals surface area (Å²) in [5, 5.41) is 12.0. The lowest BCUT2D eigenvalue weighted by Gasteiger charge is -2.18. The second-order valence-electron chi connectivity index (χ2n) is 5.60. The maximum absolute atomic E-state index is 12.4. The molecule has 1 aliphatic rings. The summed E-state index contributed by atoms with van der Waals surface area (Å²) in [7, 11) is 0. The van der Waals surface area contributed by atoms with E-state index in [0.29, 0.717) is 41.5 Å². The number of carbonyl (C=O) groups is 3. The Morgan fingerprint density at radius 3 is 2.58 bits per heavy atom. The third-order valence-electron chi connectivity index (χ3n) is 3.80. The van der Waals surface area contributed by atoms with Gasteiger partial charge in [0.1, 0.15) is 6.04 Å². The fourth-order valence-corrected chi connectivity index (χ4v) is 2.84. The molecule has 0 aliphatic carbocycles. The molecule has 1 atom stereocenters. The van der Waals surface area contributed by atoms with Crippen molar-refractivity contribution in [1.29, 1.82) is 0 Å². The molecule has 6 nitrogen and oxygen atoms in total. The zero-order valence-electron chi connectivity index (χ0n) is 12.9. The first-order valence-corrected chi connectivity index (χ1v) is 8.41. The maximum atomic E-state index is 12.4. The van der Waals surface area contributed by atoms with E-state index < -0.39 is 12.0 Å². The van der Waals surface area contributed by atoms with Crippen LogP contribution < -0.4 is 10.2 Å². The highest BCUT2D eigenvalue weighted by Gasteiger charge is 2.33. The van der Waals surface area contributed by atoms with Gasteiger partial charge in [-0.1, -0.05) is 23.2 Å². The molecule has 0 bridgehead atoms. The normalized spacial score (nSPS) is 17.2. The number of nitrogens with zero attached hydrogens (tertiary/aromatic N) is 1. The van der Waals surface area contributed by atoms with Crippen molar-refractivity contribution < 1.29 is 19.5 Å². The summed E-state index contributed by atoms with van der Waals surface area (Å²) < 4.78 is 0. The van der Waals surface area contributed by atoms with Crippen LogP contribution in [0.1, 0.15) is 32.1 Å². The molecule has 8 heteroatoms. The number of carboxylic acid groups (broad SMARTS) is 1. The van der Waals surface area contributed by atoms with Crippen LogP contribution in [0.2, 0.25) is 10.0 Å². The van der Waals surface area contributed by atoms with Gasteiger partial charge in [0.2, 0.25) is 11.8 Å². The Kier molecular flexibility index (Phi) is 6.45. The van der Waals surface area contributed by atoms with Crippen LogP contribution in [-0.2, 0) is 14.4 Å². The Hall–Kier alpha value is -1.79. The van der Waals surface area contributed by atoms with Gasteiger partial charge in [0.05, 0.1) is 10.0 Å². The van der Waals surface area contributed by atoms with Crippen LogP contribution in [0.4, 0.5) is 5.69 Å². The molecule has 1 heterocycles. The largest absolute Gasteiger partial charge is 0.481 e. The molecule has 2 amide bonds. The predicted octanol–water partition coefficient (Wildman–Crippen LogP) is 2.86. The van der Waals surface area contributed by atoms with E-state index in [1.54, 1.807) is 23.1 Å². The van der Waals surface area contributed by atoms with Gasteiger partial charge in [-0.15, -0.1) is 0 Å². The van der Waals surface area contributed by atoms with Gasteiger partial charge in [0.25, 0.3) is 0 Å². The fourth-order valence-electron chi connectivity index (χ4n) is 2.55. The van der Waals surface area contributed by atoms with Crippen molar-refractivity contribution in [3.05, 3.63) is 28.2 Å². The van der Waals surface area contributed by atoms with Crippen LogP contribution in [0.5, 0.6) is 0 Å². The Morgan fingerprint density at radius 2 is 1.92 bits per heavy atom. The van der Waals surface area contributed by atoms with E-state index >= 15 is 0 Å². The summed E-state index contributed by atoms with van der Waals surface area (Å²) >= 11 is 11.8. The number of hydrogen-bond acceptors (Lipinski definition) is 3. The van der Waals surface area contributed by atoms with Crippen molar-refractivity contribution in [3.8, 4) is 0 Å². The minimum absolute atomic E-state index is 0.0424. The van der Waals surface area contributed by atoms with Crippen LogP contribution in [0.25, 0.3) is 0 Å². The predicted molar refractivity (Wildman–Crippen MR) is 91.5 cm³/mol. The summed E-state index contributed by atoms with van der Waals surface area (Å²) in [5.74, 6) is -1.30. The zero-order chi connectivity index (χ0) is 17.7. The van der Waals surface area contributed by atoms with Crippen LogP contribution in [0.15, 0.2) is 18.2 Å². The lowest BCUT2D eigenvalue weighted by molar-refractivity contribution is -0.137. The van der Waals surface area contributed by atoms with Gasteiger partial charge < -0.3 is 15.3 Å². The number of carbonyl (C=O) groups excluding carboxylic acids is 2. The molecule has 2 N–H and O–H groups in total. The van der Waals surface area contributed by atoms with Gasteiger partial charge in [-0.05, 0) is 37.5 Å². The van der Waals surface area contributed by atoms with Gasteiger partial charge in [0, 0.05) is 25.1 Å². The zero-order valence-corrected chi connectivity index (χ0v) is 14.4. The summed E-state index contributed by atoms with van der Waals surface area (Å²) in [5.41, 5.74) is 0.646. The lowest BCUT2D eigenvalue weighted by atomic mass is 10.1. The SMILES string of the molecule is O=C(O)CCCCC(=O)NC1CCN(c2ccc(Cl)c(Cl)c2)C1=O. The Labute approximate surface area is 149 Å². The highest BCUT2D eigenvalue weighted by Crippen LogP contribution is 2.29. The number of carboxylic acids is 1. The van der Waals surface area contributed by atoms with Gasteiger partial charge in [-0.3, -0.25) is 14.4 Å². The number of halogens is 2. The first kappa shape index (κ1) is 18.5. The van der Waals surface area contributed by atoms with E-state index in [1.807, 2.05) is 0 Å². The van der Waals surface area contributed by atoms with Gasteiger partial charge >= 0.3 is 5.97 Å². The molecule has 1 aromatic carbocycles. The van der Waals surface area contributed by atoms with Crippen LogP contribution in [0.3, 0.4) is 0 Å². The van der Waals surface area contributed by atoms with Crippen LogP contribution >= 0.6 is 23.2 Å². The molecule has 1 aromatic rings. The standard InChI is InChI=1S/C16H18Cl2N2O4/c17-11-6-5-10(9-12(11)18)20-8-7-13(16(20)24)19-14(21)3-1-2-4-15(22)23/h5-6,9,13H,1-4,7-8H2,(H,19,21)(H,22,23). The van der Waals surface area contributed by atoms with Crippen molar-refractivity contribution in [2.45, 2.75) is 38.1 Å². The van der Waals surface area contributed by atoms with Crippen molar-refractivity contribution in [2.75, 3.05) is 11.4 Å². The monoisotopic (exact) mass is 372 g/mol. The topological polar surface area (TPSA) is 86.7 Å². The van der Waals surface area contributed by atoms with Gasteiger partial charge in [-0.2, -0.15) is 0 Å². The quantitative estimate of drug-likeness (QED) is 0.720. The third-order valence-corrected chi connectivity index (χ3v) is 4.54. The van der Waals surface area contributed by atoms with Crippen LogP contribution in [-0.4, -0.2) is 35.5 Å². The minimum atomic E-state index is -0.876. The Bertz CT molecular complexity index is 651. The average Bonchev–Trinajstić information content (AvgIpc) is 2.87. The van der Waals surface area contributed by atoms with E-state index in [4.69, 9.17) is 28.3 Å². The smallest absolute Gasteiger partial charge is 0.303 e. The molecule has 0 aromatic heterocycles. The molecule has 1 saturated heterocycles. The molecule has 1 unspecified atom stereocenters. The number of nitrogens with one attached hydrogen (secondary N) is 1. The highest BCUT2D eigenvalue weighted by molar-refractivity contribution is 6.42. The van der Waals surface area contributed by atoms with E-state index in [9.17, 15) is 14.4 Å². The van der Waals surface area contributed by atoms with E-state index in [1.165, 1.54) is 0 Å². The van der Waals surface area contributed by atoms with Gasteiger partial charge in [-0.25, -0.2) is 0 Å². The first-order valence-electron chi connectivity index (χ1n) is 7.66. The van der Waals surface area contributed by atoms with E-state index in [-0.39, 0.29) is 24.7 Å². The molecular weight excluding hydrogens is 355 g/mol. The molecule has 130 valence electrons. The fraction of sp³-hybridized carbons (Fsp3) is 0.438. The number of unbranched alkanes of at least 4 members (excludes halogenated alkanes) is 1. The summed E-state index contributed by atoms with van der Waals surface area (Å²) in [6.45, 7) is 0.487. The molecule has 1 aliphatic heterocycles. The van der Waals surface area contributed by atoms with Crippen molar-refractivity contribution in [2.24, 2.45) is 0 Å². The number of hydrogen-bond donors (Lipinski definition) is 2. The average molecular weight is 373 g/mol.